The minimum atomic E-state index is -1.98. The summed E-state index contributed by atoms with van der Waals surface area (Å²) in [7, 11) is 0. The molecule has 0 spiro atoms. The Morgan fingerprint density at radius 3 is 2.40 bits per heavy atom. The molecule has 170 valence electrons. The van der Waals surface area contributed by atoms with Crippen LogP contribution in [0.4, 0.5) is 0 Å². The lowest BCUT2D eigenvalue weighted by molar-refractivity contribution is -0.261. The number of hydrogen-bond donors (Lipinski definition) is 4. The number of carbonyl (C=O) groups excluding carboxylic acids is 2. The highest BCUT2D eigenvalue weighted by Crippen LogP contribution is 2.56. The van der Waals surface area contributed by atoms with Gasteiger partial charge in [0.05, 0.1) is 23.7 Å². The molecule has 0 aromatic heterocycles. The van der Waals surface area contributed by atoms with E-state index < -0.39 is 64.8 Å². The van der Waals surface area contributed by atoms with Crippen LogP contribution in [-0.2, 0) is 19.1 Å². The van der Waals surface area contributed by atoms with Gasteiger partial charge in [-0.3, -0.25) is 9.59 Å². The first-order valence-corrected chi connectivity index (χ1v) is 10.6. The van der Waals surface area contributed by atoms with Crippen LogP contribution < -0.4 is 0 Å². The van der Waals surface area contributed by atoms with Crippen LogP contribution in [0.25, 0.3) is 0 Å². The fourth-order valence-corrected chi connectivity index (χ4v) is 5.81. The summed E-state index contributed by atoms with van der Waals surface area (Å²) in [6, 6.07) is 0. The number of esters is 2. The van der Waals surface area contributed by atoms with Gasteiger partial charge in [0.25, 0.3) is 0 Å². The molecule has 1 unspecified atom stereocenters. The highest BCUT2D eigenvalue weighted by molar-refractivity contribution is 5.77. The summed E-state index contributed by atoms with van der Waals surface area (Å²) >= 11 is 0. The summed E-state index contributed by atoms with van der Waals surface area (Å²) < 4.78 is 11.1. The van der Waals surface area contributed by atoms with Gasteiger partial charge >= 0.3 is 11.9 Å². The molecule has 1 heterocycles. The highest BCUT2D eigenvalue weighted by Gasteiger charge is 2.69. The number of ether oxygens (including phenoxy) is 2. The fourth-order valence-electron chi connectivity index (χ4n) is 5.81. The number of hydrogen-bond acceptors (Lipinski definition) is 8. The molecule has 8 nitrogen and oxygen atoms in total. The predicted molar refractivity (Wildman–Crippen MR) is 106 cm³/mol. The summed E-state index contributed by atoms with van der Waals surface area (Å²) in [6.07, 6.45) is -1.73. The maximum Gasteiger partial charge on any atom is 0.312 e. The van der Waals surface area contributed by atoms with E-state index in [0.717, 1.165) is 5.57 Å². The summed E-state index contributed by atoms with van der Waals surface area (Å²) in [5.74, 6) is -3.44. The van der Waals surface area contributed by atoms with Gasteiger partial charge < -0.3 is 29.9 Å². The molecule has 0 aromatic rings. The van der Waals surface area contributed by atoms with E-state index in [1.807, 2.05) is 0 Å². The number of rotatable bonds is 1. The summed E-state index contributed by atoms with van der Waals surface area (Å²) in [4.78, 5) is 24.6. The molecule has 8 heteroatoms. The molecule has 30 heavy (non-hydrogen) atoms. The third-order valence-corrected chi connectivity index (χ3v) is 7.75. The van der Waals surface area contributed by atoms with Crippen molar-refractivity contribution in [3.05, 3.63) is 11.6 Å². The normalized spacial score (nSPS) is 51.1. The summed E-state index contributed by atoms with van der Waals surface area (Å²) in [6.45, 7) is 7.69. The maximum absolute atomic E-state index is 12.5. The minimum absolute atomic E-state index is 0.178. The standard InChI is InChI=1S/C22H34O8/c1-11-6-7-14(24)21(5)15(25)8-9-20(4,27)17(21)18(29-13(3)23)22(28)12(2)19(26)30-16(22)10-11/h10,12,14-18,24-25,27-28H,6-9H2,1-5H3/b11-10-/t12-,14-,15-,16-,17-,18?,20-,21-,22-/m1/s1. The van der Waals surface area contributed by atoms with E-state index in [0.29, 0.717) is 12.8 Å². The van der Waals surface area contributed by atoms with Crippen molar-refractivity contribution in [1.29, 1.82) is 0 Å². The zero-order chi connectivity index (χ0) is 22.6. The Kier molecular flexibility index (Phi) is 5.86. The molecule has 0 aromatic carbocycles. The Hall–Kier alpha value is -1.48. The Labute approximate surface area is 176 Å². The SMILES string of the molecule is CC(=O)OC1[C@H]2[C@](C)([C@H](O)CC/C(C)=C\[C@H]3OC(=O)[C@@H](C)[C@]13O)[C@H](O)CC[C@@]2(C)O. The molecular formula is C22H34O8. The molecule has 3 aliphatic rings. The molecule has 1 aliphatic heterocycles. The molecule has 2 fully saturated rings. The number of allylic oxidation sites excluding steroid dienone is 1. The van der Waals surface area contributed by atoms with Gasteiger partial charge in [-0.1, -0.05) is 12.5 Å². The van der Waals surface area contributed by atoms with Gasteiger partial charge in [0.1, 0.15) is 6.10 Å². The van der Waals surface area contributed by atoms with Gasteiger partial charge in [0.2, 0.25) is 0 Å². The fraction of sp³-hybridized carbons (Fsp3) is 0.818. The maximum atomic E-state index is 12.5. The van der Waals surface area contributed by atoms with Crippen molar-refractivity contribution in [2.75, 3.05) is 0 Å². The Morgan fingerprint density at radius 2 is 1.80 bits per heavy atom. The first-order valence-electron chi connectivity index (χ1n) is 10.6. The van der Waals surface area contributed by atoms with E-state index in [1.165, 1.54) is 13.8 Å². The summed E-state index contributed by atoms with van der Waals surface area (Å²) in [5, 5.41) is 45.5. The Balaban J connectivity index is 2.30. The van der Waals surface area contributed by atoms with E-state index >= 15 is 0 Å². The number of aliphatic hydroxyl groups excluding tert-OH is 2. The second-order valence-corrected chi connectivity index (χ2v) is 9.82. The molecular weight excluding hydrogens is 392 g/mol. The van der Waals surface area contributed by atoms with Crippen molar-refractivity contribution in [3.8, 4) is 0 Å². The van der Waals surface area contributed by atoms with E-state index in [2.05, 4.69) is 0 Å². The third kappa shape index (κ3) is 3.38. The molecule has 2 aliphatic carbocycles. The van der Waals surface area contributed by atoms with Crippen LogP contribution in [0, 0.1) is 17.3 Å². The zero-order valence-corrected chi connectivity index (χ0v) is 18.3. The van der Waals surface area contributed by atoms with Crippen molar-refractivity contribution in [2.24, 2.45) is 17.3 Å². The van der Waals surface area contributed by atoms with Gasteiger partial charge in [0.15, 0.2) is 11.7 Å². The van der Waals surface area contributed by atoms with Crippen LogP contribution in [-0.4, -0.2) is 68.0 Å². The predicted octanol–water partition coefficient (Wildman–Crippen LogP) is 0.840. The van der Waals surface area contributed by atoms with Crippen LogP contribution in [0.2, 0.25) is 0 Å². The quantitative estimate of drug-likeness (QED) is 0.358. The number of fused-ring (bicyclic) bond motifs is 2. The van der Waals surface area contributed by atoms with Crippen LogP contribution in [0.3, 0.4) is 0 Å². The highest BCUT2D eigenvalue weighted by atomic mass is 16.6. The van der Waals surface area contributed by atoms with Crippen LogP contribution >= 0.6 is 0 Å². The van der Waals surface area contributed by atoms with Crippen molar-refractivity contribution in [2.45, 2.75) is 95.9 Å². The van der Waals surface area contributed by atoms with Gasteiger partial charge in [-0.2, -0.15) is 0 Å². The van der Waals surface area contributed by atoms with E-state index in [4.69, 9.17) is 9.47 Å². The van der Waals surface area contributed by atoms with Crippen LogP contribution in [0.15, 0.2) is 11.6 Å². The zero-order valence-electron chi connectivity index (χ0n) is 18.3. The second kappa shape index (κ2) is 7.58. The number of carbonyl (C=O) groups is 2. The molecule has 3 rings (SSSR count). The molecule has 4 N–H and O–H groups in total. The molecule has 0 radical (unpaired) electrons. The Morgan fingerprint density at radius 1 is 1.20 bits per heavy atom. The lowest BCUT2D eigenvalue weighted by Gasteiger charge is -2.58. The second-order valence-electron chi connectivity index (χ2n) is 9.82. The van der Waals surface area contributed by atoms with Crippen molar-refractivity contribution >= 4 is 11.9 Å². The molecule has 0 amide bonds. The van der Waals surface area contributed by atoms with Gasteiger partial charge in [-0.25, -0.2) is 0 Å². The van der Waals surface area contributed by atoms with Crippen molar-refractivity contribution in [1.82, 2.24) is 0 Å². The molecule has 1 saturated carbocycles. The first-order chi connectivity index (χ1) is 13.8. The van der Waals surface area contributed by atoms with Crippen molar-refractivity contribution < 1.29 is 39.5 Å². The smallest absolute Gasteiger partial charge is 0.312 e. The molecule has 1 saturated heterocycles. The topological polar surface area (TPSA) is 134 Å². The van der Waals surface area contributed by atoms with Gasteiger partial charge in [-0.15, -0.1) is 0 Å². The lowest BCUT2D eigenvalue weighted by atomic mass is 9.52. The lowest BCUT2D eigenvalue weighted by Crippen LogP contribution is -2.70. The molecule has 9 atom stereocenters. The third-order valence-electron chi connectivity index (χ3n) is 7.75. The van der Waals surface area contributed by atoms with E-state index in [1.54, 1.807) is 26.8 Å². The van der Waals surface area contributed by atoms with Gasteiger partial charge in [0, 0.05) is 18.3 Å². The average molecular weight is 427 g/mol. The van der Waals surface area contributed by atoms with E-state index in [-0.39, 0.29) is 12.8 Å². The largest absolute Gasteiger partial charge is 0.459 e. The average Bonchev–Trinajstić information content (AvgIpc) is 2.85. The number of aliphatic hydroxyl groups is 4. The monoisotopic (exact) mass is 426 g/mol. The van der Waals surface area contributed by atoms with Crippen molar-refractivity contribution in [3.63, 3.8) is 0 Å². The first kappa shape index (κ1) is 23.2. The van der Waals surface area contributed by atoms with Crippen LogP contribution in [0.1, 0.15) is 60.3 Å². The van der Waals surface area contributed by atoms with Gasteiger partial charge in [-0.05, 0) is 52.5 Å². The van der Waals surface area contributed by atoms with E-state index in [9.17, 15) is 30.0 Å². The van der Waals surface area contributed by atoms with Crippen LogP contribution in [0.5, 0.6) is 0 Å². The molecule has 0 bridgehead atoms. The summed E-state index contributed by atoms with van der Waals surface area (Å²) in [5.41, 5.74) is -3.97. The Bertz CT molecular complexity index is 745. The minimum Gasteiger partial charge on any atom is -0.459 e.